The number of anilines is 1. The molecule has 2 aromatic rings. The lowest BCUT2D eigenvalue weighted by atomic mass is 9.99. The van der Waals surface area contributed by atoms with Crippen molar-refractivity contribution in [1.82, 2.24) is 19.2 Å². The third-order valence-electron chi connectivity index (χ3n) is 8.48. The number of hydrogen-bond donors (Lipinski definition) is 3. The van der Waals surface area contributed by atoms with Crippen LogP contribution in [-0.4, -0.2) is 66.1 Å². The highest BCUT2D eigenvalue weighted by Crippen LogP contribution is 2.39. The Balaban J connectivity index is 1.03. The Bertz CT molecular complexity index is 1300. The number of fused-ring (bicyclic) bond motifs is 3. The third kappa shape index (κ3) is 5.10. The van der Waals surface area contributed by atoms with Crippen molar-refractivity contribution in [3.8, 4) is 0 Å². The Morgan fingerprint density at radius 3 is 2.37 bits per heavy atom. The minimum absolute atomic E-state index is 0.0598. The summed E-state index contributed by atoms with van der Waals surface area (Å²) < 4.78 is 30.8. The smallest absolute Gasteiger partial charge is 0.282 e. The first-order valence-electron chi connectivity index (χ1n) is 13.7. The molecule has 0 aliphatic carbocycles. The van der Waals surface area contributed by atoms with E-state index in [2.05, 4.69) is 28.1 Å². The van der Waals surface area contributed by atoms with Gasteiger partial charge < -0.3 is 16.0 Å². The minimum atomic E-state index is -3.54. The molecule has 0 radical (unpaired) electrons. The van der Waals surface area contributed by atoms with Crippen molar-refractivity contribution in [3.63, 3.8) is 0 Å². The first kappa shape index (κ1) is 25.5. The van der Waals surface area contributed by atoms with Crippen LogP contribution in [0.4, 0.5) is 5.69 Å². The molecule has 4 aliphatic rings. The van der Waals surface area contributed by atoms with Gasteiger partial charge in [0.1, 0.15) is 0 Å². The largest absolute Gasteiger partial charge is 0.349 e. The van der Waals surface area contributed by atoms with Crippen molar-refractivity contribution in [1.29, 1.82) is 0 Å². The summed E-state index contributed by atoms with van der Waals surface area (Å²) in [5.74, 6) is -0.228. The van der Waals surface area contributed by atoms with Gasteiger partial charge >= 0.3 is 0 Å². The zero-order valence-corrected chi connectivity index (χ0v) is 22.3. The van der Waals surface area contributed by atoms with E-state index in [1.54, 1.807) is 26.8 Å². The second kappa shape index (κ2) is 10.4. The van der Waals surface area contributed by atoms with Crippen molar-refractivity contribution in [2.75, 3.05) is 18.4 Å². The predicted molar refractivity (Wildman–Crippen MR) is 145 cm³/mol. The lowest BCUT2D eigenvalue weighted by Crippen LogP contribution is -2.57. The Morgan fingerprint density at radius 1 is 0.947 bits per heavy atom. The Labute approximate surface area is 224 Å². The number of piperidine rings is 2. The molecule has 2 bridgehead atoms. The molecular weight excluding hydrogens is 502 g/mol. The van der Waals surface area contributed by atoms with Crippen LogP contribution >= 0.6 is 0 Å². The fourth-order valence-corrected chi connectivity index (χ4v) is 8.63. The van der Waals surface area contributed by atoms with Crippen LogP contribution in [0.15, 0.2) is 48.5 Å². The second-order valence-corrected chi connectivity index (χ2v) is 12.8. The number of nitrogens with zero attached hydrogens (tertiary/aromatic N) is 2. The fourth-order valence-electron chi connectivity index (χ4n) is 6.55. The van der Waals surface area contributed by atoms with Crippen LogP contribution in [0.5, 0.6) is 0 Å². The monoisotopic (exact) mass is 537 g/mol. The summed E-state index contributed by atoms with van der Waals surface area (Å²) in [4.78, 5) is 24.6. The number of rotatable bonds is 7. The topological polar surface area (TPSA) is 111 Å². The molecule has 38 heavy (non-hydrogen) atoms. The van der Waals surface area contributed by atoms with E-state index in [1.807, 2.05) is 18.2 Å². The molecule has 202 valence electrons. The molecule has 0 aromatic heterocycles. The summed E-state index contributed by atoms with van der Waals surface area (Å²) in [6.45, 7) is 1.85. The number of nitrogens with one attached hydrogen (secondary N) is 3. The van der Waals surface area contributed by atoms with E-state index < -0.39 is 10.2 Å². The van der Waals surface area contributed by atoms with Crippen molar-refractivity contribution >= 4 is 27.7 Å². The van der Waals surface area contributed by atoms with Crippen LogP contribution in [0.25, 0.3) is 0 Å². The maximum atomic E-state index is 13.7. The van der Waals surface area contributed by atoms with E-state index in [9.17, 15) is 18.0 Å². The van der Waals surface area contributed by atoms with Crippen LogP contribution in [0, 0.1) is 0 Å². The third-order valence-corrected chi connectivity index (χ3v) is 10.6. The predicted octanol–water partition coefficient (Wildman–Crippen LogP) is 2.41. The van der Waals surface area contributed by atoms with Gasteiger partial charge in [-0.15, -0.1) is 0 Å². The van der Waals surface area contributed by atoms with E-state index in [0.29, 0.717) is 37.5 Å². The fraction of sp³-hybridized carbons (Fsp3) is 0.500. The average molecular weight is 538 g/mol. The van der Waals surface area contributed by atoms with E-state index in [-0.39, 0.29) is 36.4 Å². The normalized spacial score (nSPS) is 26.2. The average Bonchev–Trinajstić information content (AvgIpc) is 3.44. The SMILES string of the molecule is O=C1Cc2cc(C(=O)N[C@@H]3C[C@H]4CC[C@@H](C3)N4S(=O)(=O)N3CCC(NCc4ccccc4)CC3)ccc2N1. The van der Waals surface area contributed by atoms with E-state index in [0.717, 1.165) is 43.5 Å². The molecule has 2 amide bonds. The summed E-state index contributed by atoms with van der Waals surface area (Å²) in [6.07, 6.45) is 4.81. The molecule has 0 spiro atoms. The van der Waals surface area contributed by atoms with Crippen molar-refractivity contribution < 1.29 is 18.0 Å². The van der Waals surface area contributed by atoms with Crippen LogP contribution in [0.1, 0.15) is 60.0 Å². The number of carbonyl (C=O) groups is 2. The lowest BCUT2D eigenvalue weighted by Gasteiger charge is -2.42. The van der Waals surface area contributed by atoms with Crippen molar-refractivity contribution in [2.24, 2.45) is 0 Å². The van der Waals surface area contributed by atoms with Gasteiger partial charge in [-0.05, 0) is 67.9 Å². The molecule has 4 aliphatic heterocycles. The molecule has 3 N–H and O–H groups in total. The van der Waals surface area contributed by atoms with Crippen LogP contribution in [0.2, 0.25) is 0 Å². The van der Waals surface area contributed by atoms with Gasteiger partial charge in [0.05, 0.1) is 6.42 Å². The Morgan fingerprint density at radius 2 is 1.66 bits per heavy atom. The number of benzene rings is 2. The molecule has 10 heteroatoms. The summed E-state index contributed by atoms with van der Waals surface area (Å²) in [7, 11) is -3.54. The molecule has 9 nitrogen and oxygen atoms in total. The Hall–Kier alpha value is -2.79. The van der Waals surface area contributed by atoms with Gasteiger partial charge in [0.25, 0.3) is 16.1 Å². The molecule has 3 saturated heterocycles. The zero-order valence-electron chi connectivity index (χ0n) is 21.4. The maximum absolute atomic E-state index is 13.7. The minimum Gasteiger partial charge on any atom is -0.349 e. The van der Waals surface area contributed by atoms with Crippen LogP contribution < -0.4 is 16.0 Å². The first-order valence-corrected chi connectivity index (χ1v) is 15.1. The van der Waals surface area contributed by atoms with E-state index in [1.165, 1.54) is 5.56 Å². The molecular formula is C28H35N5O4S. The highest BCUT2D eigenvalue weighted by molar-refractivity contribution is 7.86. The Kier molecular flexibility index (Phi) is 6.98. The second-order valence-electron chi connectivity index (χ2n) is 11.0. The summed E-state index contributed by atoms with van der Waals surface area (Å²) in [6, 6.07) is 15.6. The highest BCUT2D eigenvalue weighted by Gasteiger charge is 2.49. The van der Waals surface area contributed by atoms with Gasteiger partial charge in [-0.1, -0.05) is 30.3 Å². The van der Waals surface area contributed by atoms with Crippen molar-refractivity contribution in [3.05, 3.63) is 65.2 Å². The molecule has 0 saturated carbocycles. The van der Waals surface area contributed by atoms with Gasteiger partial charge in [-0.25, -0.2) is 0 Å². The maximum Gasteiger partial charge on any atom is 0.282 e. The zero-order chi connectivity index (χ0) is 26.3. The van der Waals surface area contributed by atoms with Gasteiger partial charge in [0.2, 0.25) is 5.91 Å². The van der Waals surface area contributed by atoms with Crippen LogP contribution in [0.3, 0.4) is 0 Å². The first-order chi connectivity index (χ1) is 18.4. The van der Waals surface area contributed by atoms with Crippen molar-refractivity contribution in [2.45, 2.75) is 75.7 Å². The highest BCUT2D eigenvalue weighted by atomic mass is 32.2. The molecule has 2 aromatic carbocycles. The number of hydrogen-bond acceptors (Lipinski definition) is 5. The lowest BCUT2D eigenvalue weighted by molar-refractivity contribution is -0.115. The summed E-state index contributed by atoms with van der Waals surface area (Å²) in [5, 5.41) is 9.50. The number of carbonyl (C=O) groups excluding carboxylic acids is 2. The van der Waals surface area contributed by atoms with Gasteiger partial charge in [0.15, 0.2) is 0 Å². The molecule has 4 heterocycles. The molecule has 3 atom stereocenters. The van der Waals surface area contributed by atoms with Crippen LogP contribution in [-0.2, 0) is 28.0 Å². The summed E-state index contributed by atoms with van der Waals surface area (Å²) >= 11 is 0. The molecule has 0 unspecified atom stereocenters. The quantitative estimate of drug-likeness (QED) is 0.503. The number of amides is 2. The van der Waals surface area contributed by atoms with Gasteiger partial charge in [-0.2, -0.15) is 17.0 Å². The standard InChI is InChI=1S/C28H35N5O4S/c34-27-15-21-14-20(6-9-26(21)31-27)28(35)30-23-16-24-7-8-25(17-23)33(24)38(36,37)32-12-10-22(11-13-32)29-18-19-4-2-1-3-5-19/h1-6,9,14,22-25,29H,7-8,10-13,15-18H2,(H,30,35)(H,31,34)/t23-,24-,25+. The van der Waals surface area contributed by atoms with E-state index >= 15 is 0 Å². The molecule has 3 fully saturated rings. The summed E-state index contributed by atoms with van der Waals surface area (Å²) in [5.41, 5.74) is 3.37. The molecule has 6 rings (SSSR count). The van der Waals surface area contributed by atoms with Gasteiger partial charge in [0, 0.05) is 55.1 Å². The van der Waals surface area contributed by atoms with Gasteiger partial charge in [-0.3, -0.25) is 9.59 Å². The van der Waals surface area contributed by atoms with E-state index in [4.69, 9.17) is 0 Å².